The molecule has 0 aromatic carbocycles. The zero-order valence-corrected chi connectivity index (χ0v) is 27.2. The van der Waals surface area contributed by atoms with E-state index in [4.69, 9.17) is 20.7 Å². The van der Waals surface area contributed by atoms with E-state index < -0.39 is 93.8 Å². The number of hydrogen-bond acceptors (Lipinski definition) is 20. The SMILES string of the molecule is Nc1nc2c(ncn2[C@@H]2O[C@H](COP(=O)(O)OP(=O)(O)OC[C@@H](O)C(S)C(S)[C@H]3CN=C4NC(N)NC(=O)C4=N3)[C@@H](O)[C@H]2O)c(=O)[nH]1. The van der Waals surface area contributed by atoms with Crippen molar-refractivity contribution in [1.29, 1.82) is 0 Å². The van der Waals surface area contributed by atoms with Crippen molar-refractivity contribution < 1.29 is 57.1 Å². The molecule has 2 aromatic heterocycles. The molecule has 0 saturated carbocycles. The van der Waals surface area contributed by atoms with E-state index in [0.29, 0.717) is 0 Å². The number of aromatic amines is 1. The maximum Gasteiger partial charge on any atom is 0.481 e. The summed E-state index contributed by atoms with van der Waals surface area (Å²) in [6.45, 7) is -1.84. The van der Waals surface area contributed by atoms with Gasteiger partial charge in [0.25, 0.3) is 11.5 Å². The zero-order valence-electron chi connectivity index (χ0n) is 23.6. The van der Waals surface area contributed by atoms with Crippen molar-refractivity contribution >= 4 is 75.5 Å². The van der Waals surface area contributed by atoms with E-state index >= 15 is 0 Å². The minimum atomic E-state index is -5.40. The number of fused-ring (bicyclic) bond motifs is 2. The number of aromatic nitrogens is 4. The summed E-state index contributed by atoms with van der Waals surface area (Å²) in [6, 6.07) is -0.754. The fraction of sp³-hybridized carbons (Fsp3) is 0.600. The van der Waals surface area contributed by atoms with Gasteiger partial charge in [0.2, 0.25) is 5.95 Å². The van der Waals surface area contributed by atoms with E-state index in [1.165, 1.54) is 0 Å². The number of nitrogen functional groups attached to an aromatic ring is 1. The van der Waals surface area contributed by atoms with Crippen molar-refractivity contribution in [2.45, 2.75) is 53.5 Å². The van der Waals surface area contributed by atoms with Crippen molar-refractivity contribution in [2.75, 3.05) is 25.5 Å². The fourth-order valence-electron chi connectivity index (χ4n) is 4.68. The normalized spacial score (nSPS) is 30.6. The Morgan fingerprint density at radius 1 is 1.15 bits per heavy atom. The van der Waals surface area contributed by atoms with Crippen LogP contribution in [0.3, 0.4) is 0 Å². The van der Waals surface area contributed by atoms with E-state index in [1.54, 1.807) is 0 Å². The predicted octanol–water partition coefficient (Wildman–Crippen LogP) is -4.29. The lowest BCUT2D eigenvalue weighted by atomic mass is 10.1. The Morgan fingerprint density at radius 2 is 1.85 bits per heavy atom. The average Bonchev–Trinajstić information content (AvgIpc) is 3.53. The molecule has 5 heterocycles. The number of rotatable bonds is 12. The molecule has 3 aliphatic heterocycles. The third kappa shape index (κ3) is 7.89. The lowest BCUT2D eigenvalue weighted by molar-refractivity contribution is -0.115. The van der Waals surface area contributed by atoms with Crippen molar-refractivity contribution in [3.05, 3.63) is 16.7 Å². The van der Waals surface area contributed by atoms with E-state index in [0.717, 1.165) is 10.9 Å². The third-order valence-corrected chi connectivity index (χ3v) is 11.1. The van der Waals surface area contributed by atoms with Crippen LogP contribution in [0.5, 0.6) is 0 Å². The van der Waals surface area contributed by atoms with Gasteiger partial charge >= 0.3 is 15.6 Å². The number of aliphatic imine (C=N–C) groups is 2. The quantitative estimate of drug-likeness (QED) is 0.0722. The van der Waals surface area contributed by atoms with Crippen molar-refractivity contribution in [3.8, 4) is 0 Å². The number of H-pyrrole nitrogens is 1. The van der Waals surface area contributed by atoms with Gasteiger partial charge in [0.05, 0.1) is 38.2 Å². The van der Waals surface area contributed by atoms with Gasteiger partial charge in [-0.2, -0.15) is 34.6 Å². The first-order chi connectivity index (χ1) is 22.0. The summed E-state index contributed by atoms with van der Waals surface area (Å²) in [4.78, 5) is 62.8. The minimum Gasteiger partial charge on any atom is -0.390 e. The van der Waals surface area contributed by atoms with Gasteiger partial charge in [0.1, 0.15) is 18.3 Å². The number of carbonyl (C=O) groups is 1. The maximum absolute atomic E-state index is 12.4. The van der Waals surface area contributed by atoms with Crippen LogP contribution in [0.2, 0.25) is 0 Å². The number of hydrogen-bond donors (Lipinski definition) is 12. The second-order valence-electron chi connectivity index (χ2n) is 10.3. The number of amides is 1. The molecule has 47 heavy (non-hydrogen) atoms. The molecule has 0 aliphatic carbocycles. The first-order valence-electron chi connectivity index (χ1n) is 13.4. The molecular weight excluding hydrogens is 714 g/mol. The molecule has 5 unspecified atom stereocenters. The molecule has 12 N–H and O–H groups in total. The molecule has 3 aliphatic rings. The number of ether oxygens (including phenoxy) is 1. The van der Waals surface area contributed by atoms with Crippen LogP contribution in [-0.4, -0.2) is 129 Å². The number of carbonyl (C=O) groups excluding carboxylic acids is 1. The van der Waals surface area contributed by atoms with E-state index in [1.807, 2.05) is 0 Å². The Bertz CT molecular complexity index is 1740. The third-order valence-electron chi connectivity index (χ3n) is 6.97. The van der Waals surface area contributed by atoms with Gasteiger partial charge in [-0.1, -0.05) is 0 Å². The monoisotopic (exact) mass is 744 g/mol. The highest BCUT2D eigenvalue weighted by molar-refractivity contribution is 7.85. The zero-order chi connectivity index (χ0) is 34.4. The maximum atomic E-state index is 12.4. The topological polar surface area (TPSA) is 354 Å². The first kappa shape index (κ1) is 35.8. The second kappa shape index (κ2) is 13.8. The van der Waals surface area contributed by atoms with Crippen LogP contribution in [0.25, 0.3) is 11.2 Å². The van der Waals surface area contributed by atoms with Crippen molar-refractivity contribution in [2.24, 2.45) is 15.7 Å². The molecule has 2 aromatic rings. The Kier molecular flexibility index (Phi) is 10.5. The van der Waals surface area contributed by atoms with Crippen LogP contribution >= 0.6 is 40.9 Å². The number of phosphoric acid groups is 2. The number of amidine groups is 1. The van der Waals surface area contributed by atoms with Crippen LogP contribution in [0.1, 0.15) is 6.23 Å². The summed E-state index contributed by atoms with van der Waals surface area (Å²) in [5.41, 5.74) is 10.2. The number of aliphatic hydroxyl groups excluding tert-OH is 3. The number of aliphatic hydroxyl groups is 3. The molecule has 23 nitrogen and oxygen atoms in total. The van der Waals surface area contributed by atoms with Crippen LogP contribution < -0.4 is 27.7 Å². The molecule has 5 rings (SSSR count). The van der Waals surface area contributed by atoms with Crippen LogP contribution in [-0.2, 0) is 32.0 Å². The van der Waals surface area contributed by atoms with E-state index in [-0.39, 0.29) is 35.2 Å². The fourth-order valence-corrected chi connectivity index (χ4v) is 7.42. The average molecular weight is 745 g/mol. The number of thiol groups is 2. The lowest BCUT2D eigenvalue weighted by Gasteiger charge is -2.32. The van der Waals surface area contributed by atoms with Gasteiger partial charge in [-0.15, -0.1) is 0 Å². The Morgan fingerprint density at radius 3 is 2.57 bits per heavy atom. The Balaban J connectivity index is 1.13. The minimum absolute atomic E-state index is 0.0326. The molecule has 1 amide bonds. The molecule has 260 valence electrons. The molecule has 2 fully saturated rings. The molecular formula is C20H30N10O13P2S2. The summed E-state index contributed by atoms with van der Waals surface area (Å²) in [5, 5.41) is 34.6. The molecule has 0 bridgehead atoms. The molecule has 27 heteroatoms. The molecule has 2 saturated heterocycles. The largest absolute Gasteiger partial charge is 0.481 e. The van der Waals surface area contributed by atoms with Crippen LogP contribution in [0, 0.1) is 0 Å². The van der Waals surface area contributed by atoms with Gasteiger partial charge < -0.3 is 46.2 Å². The molecule has 0 radical (unpaired) electrons. The Labute approximate surface area is 273 Å². The summed E-state index contributed by atoms with van der Waals surface area (Å²) in [5.74, 6) is -0.657. The molecule has 0 spiro atoms. The summed E-state index contributed by atoms with van der Waals surface area (Å²) < 4.78 is 45.1. The number of nitrogens with two attached hydrogens (primary N) is 2. The van der Waals surface area contributed by atoms with Crippen LogP contribution in [0.15, 0.2) is 21.1 Å². The highest BCUT2D eigenvalue weighted by atomic mass is 32.1. The highest BCUT2D eigenvalue weighted by Gasteiger charge is 2.46. The van der Waals surface area contributed by atoms with Gasteiger partial charge in [0, 0.05) is 10.5 Å². The summed E-state index contributed by atoms with van der Waals surface area (Å²) >= 11 is 8.66. The highest BCUT2D eigenvalue weighted by Crippen LogP contribution is 2.60. The van der Waals surface area contributed by atoms with Gasteiger partial charge in [-0.05, 0) is 0 Å². The Hall–Kier alpha value is -2.48. The number of anilines is 1. The van der Waals surface area contributed by atoms with Gasteiger partial charge in [-0.25, -0.2) is 14.1 Å². The van der Waals surface area contributed by atoms with Crippen LogP contribution in [0.4, 0.5) is 5.95 Å². The second-order valence-corrected chi connectivity index (χ2v) is 14.5. The molecule has 11 atom stereocenters. The van der Waals surface area contributed by atoms with E-state index in [2.05, 4.69) is 69.7 Å². The summed E-state index contributed by atoms with van der Waals surface area (Å²) in [6.07, 6.45) is -7.67. The van der Waals surface area contributed by atoms with Gasteiger partial charge in [0.15, 0.2) is 35.2 Å². The standard InChI is InChI=1S/C20H30N10O13P2S2/c21-19-26-14-8(16(34)28-19)25-5(1-23-14)12(46)13(47)6(31)2-40-44(36,37)43-45(38,39)41-3-7-10(32)11(33)18(42-7)30-4-24-9-15(30)27-20(22)29-17(9)35/h4-7,10-13,18-19,31-33,46-47H,1-3,21H2,(H,23,26)(H,28,34)(H,36,37)(H,38,39)(H3,22,27,29,35)/t5-,6-,7-,10-,11-,12?,13?,18-,19?/m1/s1. The van der Waals surface area contributed by atoms with Crippen molar-refractivity contribution in [3.63, 3.8) is 0 Å². The number of nitrogens with zero attached hydrogens (tertiary/aromatic N) is 5. The number of imidazole rings is 1. The summed E-state index contributed by atoms with van der Waals surface area (Å²) in [7, 11) is -10.8. The van der Waals surface area contributed by atoms with Gasteiger partial charge in [-0.3, -0.25) is 43.9 Å². The predicted molar refractivity (Wildman–Crippen MR) is 165 cm³/mol. The lowest BCUT2D eigenvalue weighted by Crippen LogP contribution is -2.65. The smallest absolute Gasteiger partial charge is 0.390 e. The van der Waals surface area contributed by atoms with E-state index in [9.17, 15) is 43.8 Å². The number of phosphoric ester groups is 2. The number of nitrogens with one attached hydrogen (secondary N) is 3. The first-order valence-corrected chi connectivity index (χ1v) is 17.4. The van der Waals surface area contributed by atoms with Crippen molar-refractivity contribution in [1.82, 2.24) is 30.2 Å².